The second-order valence-corrected chi connectivity index (χ2v) is 5.33. The lowest BCUT2D eigenvalue weighted by Crippen LogP contribution is -2.50. The fraction of sp³-hybridized carbons (Fsp3) is 0.533. The Morgan fingerprint density at radius 1 is 1.22 bits per heavy atom. The van der Waals surface area contributed by atoms with Crippen molar-refractivity contribution in [2.24, 2.45) is 0 Å². The highest BCUT2D eigenvalue weighted by atomic mass is 16.5. The van der Waals surface area contributed by atoms with E-state index < -0.39 is 0 Å². The van der Waals surface area contributed by atoms with E-state index in [1.807, 2.05) is 44.7 Å². The summed E-state index contributed by atoms with van der Waals surface area (Å²) in [5, 5.41) is 0. The highest BCUT2D eigenvalue weighted by molar-refractivity contribution is 5.95. The van der Waals surface area contributed by atoms with Gasteiger partial charge < -0.3 is 9.64 Å². The summed E-state index contributed by atoms with van der Waals surface area (Å²) in [5.41, 5.74) is 3.05. The first-order valence-electron chi connectivity index (χ1n) is 6.48. The minimum absolute atomic E-state index is 0.115. The molecule has 0 radical (unpaired) electrons. The Morgan fingerprint density at radius 2 is 1.83 bits per heavy atom. The smallest absolute Gasteiger partial charge is 0.254 e. The van der Waals surface area contributed by atoms with Crippen LogP contribution in [0, 0.1) is 13.8 Å². The molecule has 0 saturated carbocycles. The minimum atomic E-state index is 0.115. The van der Waals surface area contributed by atoms with Crippen molar-refractivity contribution in [1.82, 2.24) is 4.90 Å². The van der Waals surface area contributed by atoms with Crippen LogP contribution in [0.15, 0.2) is 18.2 Å². The van der Waals surface area contributed by atoms with Gasteiger partial charge in [0.05, 0.1) is 18.8 Å². The van der Waals surface area contributed by atoms with Gasteiger partial charge in [-0.05, 0) is 39.8 Å². The van der Waals surface area contributed by atoms with Crippen molar-refractivity contribution in [3.8, 4) is 0 Å². The molecule has 1 amide bonds. The molecule has 0 aliphatic carbocycles. The quantitative estimate of drug-likeness (QED) is 0.763. The molecule has 0 bridgehead atoms. The summed E-state index contributed by atoms with van der Waals surface area (Å²) in [6, 6.07) is 6.15. The average Bonchev–Trinajstić information content (AvgIpc) is 2.30. The van der Waals surface area contributed by atoms with Crippen LogP contribution in [0.5, 0.6) is 0 Å². The molecular weight excluding hydrogens is 226 g/mol. The lowest BCUT2D eigenvalue weighted by molar-refractivity contribution is -0.0387. The third kappa shape index (κ3) is 2.72. The summed E-state index contributed by atoms with van der Waals surface area (Å²) in [7, 11) is 0. The topological polar surface area (TPSA) is 29.5 Å². The van der Waals surface area contributed by atoms with Crippen LogP contribution >= 0.6 is 0 Å². The van der Waals surface area contributed by atoms with E-state index >= 15 is 0 Å². The zero-order valence-corrected chi connectivity index (χ0v) is 11.6. The number of carbonyl (C=O) groups excluding carboxylic acids is 1. The highest BCUT2D eigenvalue weighted by Gasteiger charge is 2.28. The number of benzene rings is 1. The molecule has 3 nitrogen and oxygen atoms in total. The molecule has 2 rings (SSSR count). The van der Waals surface area contributed by atoms with Crippen molar-refractivity contribution < 1.29 is 9.53 Å². The lowest BCUT2D eigenvalue weighted by atomic mass is 10.0. The summed E-state index contributed by atoms with van der Waals surface area (Å²) in [6.45, 7) is 9.38. The first-order chi connectivity index (χ1) is 8.47. The van der Waals surface area contributed by atoms with Gasteiger partial charge in [-0.2, -0.15) is 0 Å². The summed E-state index contributed by atoms with van der Waals surface area (Å²) in [6.07, 6.45) is 0.121. The molecule has 2 unspecified atom stereocenters. The van der Waals surface area contributed by atoms with Gasteiger partial charge in [0.1, 0.15) is 0 Å². The zero-order chi connectivity index (χ0) is 13.3. The maximum absolute atomic E-state index is 12.5. The maximum Gasteiger partial charge on any atom is 0.254 e. The predicted molar refractivity (Wildman–Crippen MR) is 71.8 cm³/mol. The molecule has 98 valence electrons. The van der Waals surface area contributed by atoms with E-state index in [2.05, 4.69) is 6.07 Å². The normalized spacial score (nSPS) is 24.1. The molecule has 1 fully saturated rings. The van der Waals surface area contributed by atoms with Crippen LogP contribution < -0.4 is 0 Å². The Balaban J connectivity index is 2.24. The molecule has 0 aromatic heterocycles. The van der Waals surface area contributed by atoms with Gasteiger partial charge in [0, 0.05) is 12.1 Å². The van der Waals surface area contributed by atoms with Gasteiger partial charge in [0.2, 0.25) is 0 Å². The highest BCUT2D eigenvalue weighted by Crippen LogP contribution is 2.17. The molecule has 1 aliphatic heterocycles. The average molecular weight is 247 g/mol. The number of rotatable bonds is 1. The molecule has 1 heterocycles. The van der Waals surface area contributed by atoms with Gasteiger partial charge in [-0.3, -0.25) is 4.79 Å². The molecule has 0 N–H and O–H groups in total. The molecule has 2 atom stereocenters. The largest absolute Gasteiger partial charge is 0.375 e. The third-order valence-electron chi connectivity index (χ3n) is 3.34. The Morgan fingerprint density at radius 3 is 2.44 bits per heavy atom. The second-order valence-electron chi connectivity index (χ2n) is 5.33. The SMILES string of the molecule is Cc1cc(C)cc(C(=O)N2CC(C)OCC2C)c1. The molecule has 3 heteroatoms. The summed E-state index contributed by atoms with van der Waals surface area (Å²) >= 11 is 0. The standard InChI is InChI=1S/C15H21NO2/c1-10-5-11(2)7-14(6-10)15(17)16-8-13(4)18-9-12(16)3/h5-7,12-13H,8-9H2,1-4H3. The van der Waals surface area contributed by atoms with Crippen molar-refractivity contribution >= 4 is 5.91 Å². The van der Waals surface area contributed by atoms with Crippen LogP contribution in [0.2, 0.25) is 0 Å². The van der Waals surface area contributed by atoms with E-state index in [1.165, 1.54) is 0 Å². The van der Waals surface area contributed by atoms with E-state index in [1.54, 1.807) is 0 Å². The Hall–Kier alpha value is -1.35. The molecule has 1 saturated heterocycles. The number of hydrogen-bond acceptors (Lipinski definition) is 2. The van der Waals surface area contributed by atoms with Gasteiger partial charge in [0.25, 0.3) is 5.91 Å². The van der Waals surface area contributed by atoms with Crippen LogP contribution in [0.4, 0.5) is 0 Å². The van der Waals surface area contributed by atoms with E-state index in [4.69, 9.17) is 4.74 Å². The summed E-state index contributed by atoms with van der Waals surface area (Å²) < 4.78 is 5.56. The number of nitrogens with zero attached hydrogens (tertiary/aromatic N) is 1. The van der Waals surface area contributed by atoms with Gasteiger partial charge >= 0.3 is 0 Å². The molecule has 1 aliphatic rings. The minimum Gasteiger partial charge on any atom is -0.375 e. The second kappa shape index (κ2) is 5.11. The molecule has 1 aromatic carbocycles. The van der Waals surface area contributed by atoms with E-state index in [0.29, 0.717) is 13.2 Å². The number of morpholine rings is 1. The van der Waals surface area contributed by atoms with E-state index in [-0.39, 0.29) is 18.1 Å². The van der Waals surface area contributed by atoms with E-state index in [9.17, 15) is 4.79 Å². The van der Waals surface area contributed by atoms with Gasteiger partial charge in [-0.1, -0.05) is 17.2 Å². The monoisotopic (exact) mass is 247 g/mol. The van der Waals surface area contributed by atoms with Crippen LogP contribution in [-0.4, -0.2) is 36.1 Å². The van der Waals surface area contributed by atoms with Crippen molar-refractivity contribution in [2.75, 3.05) is 13.2 Å². The van der Waals surface area contributed by atoms with Crippen molar-refractivity contribution in [3.05, 3.63) is 34.9 Å². The van der Waals surface area contributed by atoms with Crippen LogP contribution in [0.25, 0.3) is 0 Å². The third-order valence-corrected chi connectivity index (χ3v) is 3.34. The maximum atomic E-state index is 12.5. The van der Waals surface area contributed by atoms with Crippen molar-refractivity contribution in [1.29, 1.82) is 0 Å². The number of amides is 1. The number of ether oxygens (including phenoxy) is 1. The molecular formula is C15H21NO2. The number of carbonyl (C=O) groups is 1. The van der Waals surface area contributed by atoms with Crippen LogP contribution in [0.3, 0.4) is 0 Å². The Labute approximate surface area is 109 Å². The van der Waals surface area contributed by atoms with Crippen LogP contribution in [-0.2, 0) is 4.74 Å². The van der Waals surface area contributed by atoms with Gasteiger partial charge in [0.15, 0.2) is 0 Å². The Bertz CT molecular complexity index is 436. The zero-order valence-electron chi connectivity index (χ0n) is 11.6. The molecule has 1 aromatic rings. The fourth-order valence-corrected chi connectivity index (χ4v) is 2.45. The summed E-state index contributed by atoms with van der Waals surface area (Å²) in [5.74, 6) is 0.115. The summed E-state index contributed by atoms with van der Waals surface area (Å²) in [4.78, 5) is 14.4. The van der Waals surface area contributed by atoms with Gasteiger partial charge in [-0.15, -0.1) is 0 Å². The van der Waals surface area contributed by atoms with E-state index in [0.717, 1.165) is 16.7 Å². The lowest BCUT2D eigenvalue weighted by Gasteiger charge is -2.37. The van der Waals surface area contributed by atoms with Crippen molar-refractivity contribution in [2.45, 2.75) is 39.8 Å². The van der Waals surface area contributed by atoms with Crippen molar-refractivity contribution in [3.63, 3.8) is 0 Å². The first-order valence-corrected chi connectivity index (χ1v) is 6.48. The number of aryl methyl sites for hydroxylation is 2. The molecule has 18 heavy (non-hydrogen) atoms. The Kier molecular flexibility index (Phi) is 3.71. The first kappa shape index (κ1) is 13.1. The predicted octanol–water partition coefficient (Wildman–Crippen LogP) is 2.55. The number of hydrogen-bond donors (Lipinski definition) is 0. The van der Waals surface area contributed by atoms with Crippen LogP contribution in [0.1, 0.15) is 35.3 Å². The fourth-order valence-electron chi connectivity index (χ4n) is 2.45. The molecule has 0 spiro atoms. The van der Waals surface area contributed by atoms with Gasteiger partial charge in [-0.25, -0.2) is 0 Å².